The Kier molecular flexibility index (Phi) is 5.42. The third kappa shape index (κ3) is 4.33. The van der Waals surface area contributed by atoms with Crippen LogP contribution in [-0.2, 0) is 17.6 Å². The van der Waals surface area contributed by atoms with E-state index in [0.717, 1.165) is 66.5 Å². The van der Waals surface area contributed by atoms with E-state index in [1.165, 1.54) is 18.5 Å². The zero-order valence-corrected chi connectivity index (χ0v) is 15.8. The van der Waals surface area contributed by atoms with E-state index >= 15 is 0 Å². The van der Waals surface area contributed by atoms with E-state index in [-0.39, 0.29) is 0 Å². The number of aliphatic imine (C=N–C) groups is 1. The van der Waals surface area contributed by atoms with Crippen molar-refractivity contribution in [3.8, 4) is 0 Å². The molecule has 0 radical (unpaired) electrons. The van der Waals surface area contributed by atoms with Crippen molar-refractivity contribution in [2.75, 3.05) is 7.11 Å². The highest BCUT2D eigenvalue weighted by Crippen LogP contribution is 2.26. The third-order valence-electron chi connectivity index (χ3n) is 4.98. The molecule has 0 atom stereocenters. The molecule has 0 fully saturated rings. The molecule has 0 saturated heterocycles. The second-order valence-electron chi connectivity index (χ2n) is 7.05. The Bertz CT molecular complexity index is 908. The predicted octanol–water partition coefficient (Wildman–Crippen LogP) is 5.59. The van der Waals surface area contributed by atoms with Crippen molar-refractivity contribution in [2.24, 2.45) is 4.99 Å². The molecule has 4 heteroatoms. The van der Waals surface area contributed by atoms with E-state index in [9.17, 15) is 0 Å². The first-order chi connectivity index (χ1) is 13.3. The van der Waals surface area contributed by atoms with Gasteiger partial charge in [-0.05, 0) is 68.9 Å². The van der Waals surface area contributed by atoms with E-state index in [1.54, 1.807) is 7.11 Å². The number of H-pyrrole nitrogens is 1. The molecular formula is C23H26N2O2. The molecule has 140 valence electrons. The number of nitrogens with one attached hydrogen (secondary N) is 1. The molecule has 4 heterocycles. The number of ether oxygens (including phenoxy) is 1. The van der Waals surface area contributed by atoms with Crippen molar-refractivity contribution in [1.29, 1.82) is 0 Å². The van der Waals surface area contributed by atoms with Gasteiger partial charge in [0.1, 0.15) is 22.9 Å². The minimum atomic E-state index is 0.763. The Balaban J connectivity index is 1.63. The van der Waals surface area contributed by atoms with E-state index in [0.29, 0.717) is 0 Å². The molecule has 0 aliphatic carbocycles. The summed E-state index contributed by atoms with van der Waals surface area (Å²) in [6.07, 6.45) is 16.4. The zero-order chi connectivity index (χ0) is 18.5. The first kappa shape index (κ1) is 17.7. The van der Waals surface area contributed by atoms with Gasteiger partial charge in [0.05, 0.1) is 7.11 Å². The van der Waals surface area contributed by atoms with Gasteiger partial charge in [0.25, 0.3) is 0 Å². The summed E-state index contributed by atoms with van der Waals surface area (Å²) in [7, 11) is 1.68. The Hall–Kier alpha value is -2.75. The van der Waals surface area contributed by atoms with Crippen molar-refractivity contribution in [2.45, 2.75) is 44.9 Å². The van der Waals surface area contributed by atoms with E-state index in [2.05, 4.69) is 35.3 Å². The Morgan fingerprint density at radius 2 is 1.85 bits per heavy atom. The minimum absolute atomic E-state index is 0.763. The van der Waals surface area contributed by atoms with Crippen LogP contribution < -0.4 is 0 Å². The maximum Gasteiger partial charge on any atom is 0.152 e. The van der Waals surface area contributed by atoms with Gasteiger partial charge in [0.15, 0.2) is 5.76 Å². The van der Waals surface area contributed by atoms with Gasteiger partial charge in [-0.1, -0.05) is 12.2 Å². The topological polar surface area (TPSA) is 50.5 Å². The SMILES string of the molecule is COC1=CC2=NC1=Cc1ccc([nH]1)CCCC/C=C/CCCc1ccc2o1. The molecule has 27 heavy (non-hydrogen) atoms. The standard InChI is InChI=1S/C23H26N2O2/c1-26-23-16-21-22-14-13-19(27-22)10-8-6-4-2-3-5-7-9-17-11-12-18(24-17)15-20(23)25-21/h2,4,11-16,24H,3,5-10H2,1H3/b4-2+,20-15?. The summed E-state index contributed by atoms with van der Waals surface area (Å²) >= 11 is 0. The lowest BCUT2D eigenvalue weighted by atomic mass is 10.1. The first-order valence-electron chi connectivity index (χ1n) is 9.80. The molecule has 0 amide bonds. The predicted molar refractivity (Wildman–Crippen MR) is 109 cm³/mol. The number of aromatic amines is 1. The van der Waals surface area contributed by atoms with Crippen LogP contribution in [0.5, 0.6) is 0 Å². The monoisotopic (exact) mass is 362 g/mol. The van der Waals surface area contributed by atoms with Crippen molar-refractivity contribution in [3.05, 3.63) is 76.9 Å². The molecule has 0 saturated carbocycles. The molecule has 2 aromatic rings. The summed E-state index contributed by atoms with van der Waals surface area (Å²) in [5, 5.41) is 0. The van der Waals surface area contributed by atoms with Gasteiger partial charge < -0.3 is 14.1 Å². The van der Waals surface area contributed by atoms with Crippen LogP contribution in [0.2, 0.25) is 0 Å². The quantitative estimate of drug-likeness (QED) is 0.673. The second kappa shape index (κ2) is 8.30. The van der Waals surface area contributed by atoms with Crippen molar-refractivity contribution in [1.82, 2.24) is 4.98 Å². The van der Waals surface area contributed by atoms with Crippen LogP contribution in [0.4, 0.5) is 0 Å². The highest BCUT2D eigenvalue weighted by atomic mass is 16.5. The van der Waals surface area contributed by atoms with Gasteiger partial charge in [-0.2, -0.15) is 0 Å². The lowest BCUT2D eigenvalue weighted by Crippen LogP contribution is -1.91. The number of furan rings is 1. The van der Waals surface area contributed by atoms with Crippen LogP contribution in [0.25, 0.3) is 6.08 Å². The maximum atomic E-state index is 6.01. The lowest BCUT2D eigenvalue weighted by molar-refractivity contribution is 0.303. The number of hydrogen-bond acceptors (Lipinski definition) is 3. The molecule has 4 rings (SSSR count). The van der Waals surface area contributed by atoms with Crippen LogP contribution >= 0.6 is 0 Å². The lowest BCUT2D eigenvalue weighted by Gasteiger charge is -2.01. The summed E-state index contributed by atoms with van der Waals surface area (Å²) in [6.45, 7) is 0. The highest BCUT2D eigenvalue weighted by molar-refractivity contribution is 6.10. The number of methoxy groups -OCH3 is 1. The van der Waals surface area contributed by atoms with E-state index in [1.807, 2.05) is 18.2 Å². The Labute approximate surface area is 160 Å². The van der Waals surface area contributed by atoms with Gasteiger partial charge in [-0.3, -0.25) is 0 Å². The number of rotatable bonds is 1. The maximum absolute atomic E-state index is 6.01. The minimum Gasteiger partial charge on any atom is -0.494 e. The van der Waals surface area contributed by atoms with Crippen LogP contribution in [0.1, 0.15) is 55.0 Å². The molecule has 6 bridgehead atoms. The molecular weight excluding hydrogens is 336 g/mol. The highest BCUT2D eigenvalue weighted by Gasteiger charge is 2.19. The summed E-state index contributed by atoms with van der Waals surface area (Å²) < 4.78 is 11.5. The van der Waals surface area contributed by atoms with Crippen LogP contribution in [0.15, 0.2) is 63.4 Å². The summed E-state index contributed by atoms with van der Waals surface area (Å²) in [5.41, 5.74) is 3.95. The van der Waals surface area contributed by atoms with Crippen LogP contribution in [0, 0.1) is 0 Å². The van der Waals surface area contributed by atoms with E-state index < -0.39 is 0 Å². The Morgan fingerprint density at radius 3 is 2.74 bits per heavy atom. The first-order valence-corrected chi connectivity index (χ1v) is 9.80. The van der Waals surface area contributed by atoms with Gasteiger partial charge in [0.2, 0.25) is 0 Å². The smallest absolute Gasteiger partial charge is 0.152 e. The number of allylic oxidation sites excluding steroid dienone is 3. The molecule has 2 aromatic heterocycles. The number of aromatic nitrogens is 1. The molecule has 2 aliphatic rings. The van der Waals surface area contributed by atoms with Gasteiger partial charge >= 0.3 is 0 Å². The average molecular weight is 362 g/mol. The van der Waals surface area contributed by atoms with Crippen molar-refractivity contribution < 1.29 is 9.15 Å². The average Bonchev–Trinajstić information content (AvgIpc) is 3.39. The summed E-state index contributed by atoms with van der Waals surface area (Å²) in [4.78, 5) is 8.22. The molecule has 4 nitrogen and oxygen atoms in total. The van der Waals surface area contributed by atoms with Crippen molar-refractivity contribution >= 4 is 11.8 Å². The molecule has 1 N–H and O–H groups in total. The van der Waals surface area contributed by atoms with Gasteiger partial charge in [0, 0.05) is 23.9 Å². The second-order valence-corrected chi connectivity index (χ2v) is 7.05. The fraction of sp³-hybridized carbons (Fsp3) is 0.348. The number of hydrogen-bond donors (Lipinski definition) is 1. The van der Waals surface area contributed by atoms with Gasteiger partial charge in [-0.15, -0.1) is 0 Å². The third-order valence-corrected chi connectivity index (χ3v) is 4.98. The number of nitrogens with zero attached hydrogens (tertiary/aromatic N) is 1. The van der Waals surface area contributed by atoms with E-state index in [4.69, 9.17) is 14.1 Å². The van der Waals surface area contributed by atoms with Gasteiger partial charge in [-0.25, -0.2) is 4.99 Å². The van der Waals surface area contributed by atoms with Crippen LogP contribution in [-0.4, -0.2) is 17.8 Å². The summed E-state index contributed by atoms with van der Waals surface area (Å²) in [6, 6.07) is 8.32. The normalized spacial score (nSPS) is 19.2. The molecule has 2 aliphatic heterocycles. The number of aryl methyl sites for hydroxylation is 2. The molecule has 0 unspecified atom stereocenters. The molecule has 0 aromatic carbocycles. The Morgan fingerprint density at radius 1 is 0.963 bits per heavy atom. The van der Waals surface area contributed by atoms with Crippen molar-refractivity contribution in [3.63, 3.8) is 0 Å². The fourth-order valence-corrected chi connectivity index (χ4v) is 3.50. The number of fused-ring (bicyclic) bond motifs is 6. The molecule has 0 spiro atoms. The summed E-state index contributed by atoms with van der Waals surface area (Å²) in [5.74, 6) is 2.57. The van der Waals surface area contributed by atoms with Crippen LogP contribution in [0.3, 0.4) is 0 Å². The fourth-order valence-electron chi connectivity index (χ4n) is 3.50. The largest absolute Gasteiger partial charge is 0.494 e. The zero-order valence-electron chi connectivity index (χ0n) is 15.8.